The second-order valence-electron chi connectivity index (χ2n) is 7.10. The number of hydrogen-bond donors (Lipinski definition) is 1. The first-order valence-corrected chi connectivity index (χ1v) is 7.84. The molecule has 2 heteroatoms. The maximum Gasteiger partial charge on any atom is 0.0685 e. The Morgan fingerprint density at radius 3 is 2.56 bits per heavy atom. The lowest BCUT2D eigenvalue weighted by molar-refractivity contribution is -0.104. The Morgan fingerprint density at radius 1 is 1.33 bits per heavy atom. The highest BCUT2D eigenvalue weighted by molar-refractivity contribution is 4.97. The van der Waals surface area contributed by atoms with Gasteiger partial charge in [0.05, 0.1) is 5.60 Å². The van der Waals surface area contributed by atoms with Crippen LogP contribution in [0.3, 0.4) is 0 Å². The molecule has 1 saturated carbocycles. The number of nitrogens with one attached hydrogen (secondary N) is 1. The molecule has 2 nitrogen and oxygen atoms in total. The third-order valence-electron chi connectivity index (χ3n) is 5.58. The Morgan fingerprint density at radius 2 is 2.00 bits per heavy atom. The van der Waals surface area contributed by atoms with Crippen LogP contribution >= 0.6 is 0 Å². The predicted molar refractivity (Wildman–Crippen MR) is 76.8 cm³/mol. The van der Waals surface area contributed by atoms with Crippen molar-refractivity contribution >= 4 is 0 Å². The first-order chi connectivity index (χ1) is 8.53. The zero-order valence-corrected chi connectivity index (χ0v) is 12.7. The Labute approximate surface area is 113 Å². The third kappa shape index (κ3) is 2.75. The van der Waals surface area contributed by atoms with Gasteiger partial charge in [-0.05, 0) is 50.5 Å². The van der Waals surface area contributed by atoms with E-state index in [1.54, 1.807) is 0 Å². The van der Waals surface area contributed by atoms with Crippen molar-refractivity contribution in [3.63, 3.8) is 0 Å². The van der Waals surface area contributed by atoms with E-state index in [2.05, 4.69) is 33.1 Å². The molecular weight excluding hydrogens is 222 g/mol. The van der Waals surface area contributed by atoms with Crippen molar-refractivity contribution in [1.29, 1.82) is 0 Å². The number of hydrogen-bond acceptors (Lipinski definition) is 2. The molecule has 0 aromatic carbocycles. The molecule has 1 heterocycles. The highest BCUT2D eigenvalue weighted by Gasteiger charge is 2.44. The van der Waals surface area contributed by atoms with Crippen LogP contribution in [0.1, 0.15) is 65.7 Å². The molecule has 0 amide bonds. The van der Waals surface area contributed by atoms with E-state index in [1.807, 2.05) is 0 Å². The first-order valence-electron chi connectivity index (χ1n) is 7.84. The topological polar surface area (TPSA) is 21.3 Å². The highest BCUT2D eigenvalue weighted by atomic mass is 16.5. The SMILES string of the molecule is CCC(C)(C)C(NC)C1CCOC2(CCCC2)C1. The van der Waals surface area contributed by atoms with Gasteiger partial charge in [0.25, 0.3) is 0 Å². The van der Waals surface area contributed by atoms with Crippen molar-refractivity contribution < 1.29 is 4.74 Å². The fourth-order valence-electron chi connectivity index (χ4n) is 4.20. The van der Waals surface area contributed by atoms with E-state index in [0.29, 0.717) is 11.5 Å². The van der Waals surface area contributed by atoms with Crippen molar-refractivity contribution in [2.75, 3.05) is 13.7 Å². The van der Waals surface area contributed by atoms with E-state index in [-0.39, 0.29) is 5.60 Å². The smallest absolute Gasteiger partial charge is 0.0685 e. The highest BCUT2D eigenvalue weighted by Crippen LogP contribution is 2.45. The Kier molecular flexibility index (Phi) is 4.38. The Bertz CT molecular complexity index is 268. The third-order valence-corrected chi connectivity index (χ3v) is 5.58. The zero-order chi connectivity index (χ0) is 13.2. The summed E-state index contributed by atoms with van der Waals surface area (Å²) in [5.41, 5.74) is 0.637. The summed E-state index contributed by atoms with van der Waals surface area (Å²) in [6, 6.07) is 0.629. The molecule has 2 rings (SSSR count). The van der Waals surface area contributed by atoms with E-state index in [1.165, 1.54) is 44.9 Å². The van der Waals surface area contributed by atoms with E-state index < -0.39 is 0 Å². The zero-order valence-electron chi connectivity index (χ0n) is 12.7. The van der Waals surface area contributed by atoms with Gasteiger partial charge in [-0.15, -0.1) is 0 Å². The number of rotatable bonds is 4. The molecule has 106 valence electrons. The van der Waals surface area contributed by atoms with Crippen LogP contribution < -0.4 is 5.32 Å². The number of ether oxygens (including phenoxy) is 1. The van der Waals surface area contributed by atoms with Gasteiger partial charge in [0.2, 0.25) is 0 Å². The van der Waals surface area contributed by atoms with Crippen LogP contribution in [0, 0.1) is 11.3 Å². The molecule has 1 N–H and O–H groups in total. The summed E-state index contributed by atoms with van der Waals surface area (Å²) >= 11 is 0. The molecule has 2 aliphatic rings. The predicted octanol–water partition coefficient (Wildman–Crippen LogP) is 3.75. The molecule has 0 aromatic heterocycles. The largest absolute Gasteiger partial charge is 0.375 e. The summed E-state index contributed by atoms with van der Waals surface area (Å²) in [5, 5.41) is 3.61. The van der Waals surface area contributed by atoms with E-state index in [4.69, 9.17) is 4.74 Å². The fraction of sp³-hybridized carbons (Fsp3) is 1.00. The van der Waals surface area contributed by atoms with Crippen LogP contribution in [0.2, 0.25) is 0 Å². The minimum atomic E-state index is 0.252. The molecule has 0 aromatic rings. The van der Waals surface area contributed by atoms with Crippen LogP contribution in [-0.4, -0.2) is 25.3 Å². The summed E-state index contributed by atoms with van der Waals surface area (Å²) < 4.78 is 6.17. The van der Waals surface area contributed by atoms with Crippen molar-refractivity contribution in [3.8, 4) is 0 Å². The monoisotopic (exact) mass is 253 g/mol. The van der Waals surface area contributed by atoms with E-state index >= 15 is 0 Å². The Hall–Kier alpha value is -0.0800. The lowest BCUT2D eigenvalue weighted by Gasteiger charge is -2.46. The van der Waals surface area contributed by atoms with Gasteiger partial charge < -0.3 is 10.1 Å². The minimum Gasteiger partial charge on any atom is -0.375 e. The van der Waals surface area contributed by atoms with Crippen LogP contribution in [0.15, 0.2) is 0 Å². The molecule has 0 radical (unpaired) electrons. The molecule has 1 aliphatic carbocycles. The van der Waals surface area contributed by atoms with Gasteiger partial charge in [0.1, 0.15) is 0 Å². The second kappa shape index (κ2) is 5.50. The first kappa shape index (κ1) is 14.3. The summed E-state index contributed by atoms with van der Waals surface area (Å²) in [4.78, 5) is 0. The lowest BCUT2D eigenvalue weighted by Crippen LogP contribution is -2.50. The summed E-state index contributed by atoms with van der Waals surface area (Å²) in [6.07, 6.45) is 9.09. The van der Waals surface area contributed by atoms with Crippen LogP contribution in [0.4, 0.5) is 0 Å². The molecule has 2 atom stereocenters. The molecule has 0 bridgehead atoms. The van der Waals surface area contributed by atoms with Crippen LogP contribution in [0.5, 0.6) is 0 Å². The van der Waals surface area contributed by atoms with Crippen LogP contribution in [-0.2, 0) is 4.74 Å². The van der Waals surface area contributed by atoms with Gasteiger partial charge in [0.15, 0.2) is 0 Å². The summed E-state index contributed by atoms with van der Waals surface area (Å²) in [7, 11) is 2.14. The Balaban J connectivity index is 2.07. The van der Waals surface area contributed by atoms with Crippen molar-refractivity contribution in [1.82, 2.24) is 5.32 Å². The van der Waals surface area contributed by atoms with Gasteiger partial charge in [-0.1, -0.05) is 33.6 Å². The van der Waals surface area contributed by atoms with E-state index in [0.717, 1.165) is 12.5 Å². The molecule has 1 saturated heterocycles. The van der Waals surface area contributed by atoms with Gasteiger partial charge in [-0.2, -0.15) is 0 Å². The summed E-state index contributed by atoms with van der Waals surface area (Å²) in [6.45, 7) is 8.10. The fourth-order valence-corrected chi connectivity index (χ4v) is 4.20. The molecule has 2 fully saturated rings. The van der Waals surface area contributed by atoms with Gasteiger partial charge in [-0.25, -0.2) is 0 Å². The average Bonchev–Trinajstić information content (AvgIpc) is 2.78. The van der Waals surface area contributed by atoms with Crippen molar-refractivity contribution in [2.45, 2.75) is 77.4 Å². The maximum absolute atomic E-state index is 6.17. The van der Waals surface area contributed by atoms with E-state index in [9.17, 15) is 0 Å². The van der Waals surface area contributed by atoms with Crippen molar-refractivity contribution in [2.24, 2.45) is 11.3 Å². The maximum atomic E-state index is 6.17. The quantitative estimate of drug-likeness (QED) is 0.824. The standard InChI is InChI=1S/C16H31NO/c1-5-15(2,3)14(17-4)13-8-11-18-16(12-13)9-6-7-10-16/h13-14,17H,5-12H2,1-4H3. The van der Waals surface area contributed by atoms with Gasteiger partial charge in [0, 0.05) is 12.6 Å². The second-order valence-corrected chi connectivity index (χ2v) is 7.10. The van der Waals surface area contributed by atoms with Crippen LogP contribution in [0.25, 0.3) is 0 Å². The summed E-state index contributed by atoms with van der Waals surface area (Å²) in [5.74, 6) is 0.789. The average molecular weight is 253 g/mol. The molecular formula is C16H31NO. The molecule has 1 spiro atoms. The van der Waals surface area contributed by atoms with Crippen molar-refractivity contribution in [3.05, 3.63) is 0 Å². The molecule has 18 heavy (non-hydrogen) atoms. The van der Waals surface area contributed by atoms with Gasteiger partial charge in [-0.3, -0.25) is 0 Å². The minimum absolute atomic E-state index is 0.252. The molecule has 1 aliphatic heterocycles. The van der Waals surface area contributed by atoms with Gasteiger partial charge >= 0.3 is 0 Å². The normalized spacial score (nSPS) is 29.7. The lowest BCUT2D eigenvalue weighted by atomic mass is 9.70. The molecule has 2 unspecified atom stereocenters.